The number of pyridine rings is 1. The maximum Gasteiger partial charge on any atom is 0.433 e. The number of carbonyl (C=O) groups excluding carboxylic acids is 1. The van der Waals surface area contributed by atoms with Crippen LogP contribution in [0.15, 0.2) is 18.3 Å². The molecule has 10 heteroatoms. The third kappa shape index (κ3) is 5.12. The Bertz CT molecular complexity index is 440. The number of rotatable bonds is 3. The monoisotopic (exact) mass is 288 g/mol. The van der Waals surface area contributed by atoms with Gasteiger partial charge in [0.25, 0.3) is 5.91 Å². The SMILES string of the molecule is O=C(NOCC(F)(F)F)c1ccc(C(F)(F)F)nc1. The molecule has 106 valence electrons. The molecule has 0 fully saturated rings. The van der Waals surface area contributed by atoms with Gasteiger partial charge in [0.2, 0.25) is 0 Å². The number of halogens is 6. The second kappa shape index (κ2) is 5.43. The molecule has 0 saturated carbocycles. The molecule has 19 heavy (non-hydrogen) atoms. The lowest BCUT2D eigenvalue weighted by molar-refractivity contribution is -0.184. The molecule has 0 aliphatic heterocycles. The predicted octanol–water partition coefficient (Wildman–Crippen LogP) is 2.32. The van der Waals surface area contributed by atoms with Crippen LogP contribution < -0.4 is 5.48 Å². The van der Waals surface area contributed by atoms with Crippen molar-refractivity contribution in [2.24, 2.45) is 0 Å². The molecule has 4 nitrogen and oxygen atoms in total. The molecule has 0 aromatic carbocycles. The highest BCUT2D eigenvalue weighted by Gasteiger charge is 2.32. The van der Waals surface area contributed by atoms with Gasteiger partial charge in [0, 0.05) is 6.20 Å². The minimum atomic E-state index is -4.66. The summed E-state index contributed by atoms with van der Waals surface area (Å²) in [6, 6.07) is 1.29. The zero-order valence-electron chi connectivity index (χ0n) is 8.97. The number of hydroxylamine groups is 1. The Hall–Kier alpha value is -1.84. The minimum absolute atomic E-state index is 0.366. The van der Waals surface area contributed by atoms with Crippen LogP contribution in [0.2, 0.25) is 0 Å². The van der Waals surface area contributed by atoms with Crippen molar-refractivity contribution < 1.29 is 36.0 Å². The zero-order chi connectivity index (χ0) is 14.7. The number of alkyl halides is 6. The fourth-order valence-electron chi connectivity index (χ4n) is 0.938. The highest BCUT2D eigenvalue weighted by molar-refractivity contribution is 5.93. The summed E-state index contributed by atoms with van der Waals surface area (Å²) in [5, 5.41) is 0. The van der Waals surface area contributed by atoms with E-state index in [-0.39, 0.29) is 5.56 Å². The van der Waals surface area contributed by atoms with Gasteiger partial charge >= 0.3 is 12.4 Å². The van der Waals surface area contributed by atoms with Crippen molar-refractivity contribution in [1.82, 2.24) is 10.5 Å². The van der Waals surface area contributed by atoms with Crippen LogP contribution in [0, 0.1) is 0 Å². The van der Waals surface area contributed by atoms with Crippen molar-refractivity contribution in [2.75, 3.05) is 6.61 Å². The van der Waals surface area contributed by atoms with Crippen molar-refractivity contribution in [3.05, 3.63) is 29.6 Å². The van der Waals surface area contributed by atoms with Crippen LogP contribution in [0.5, 0.6) is 0 Å². The van der Waals surface area contributed by atoms with E-state index in [1.807, 2.05) is 0 Å². The smallest absolute Gasteiger partial charge is 0.267 e. The maximum absolute atomic E-state index is 12.1. The van der Waals surface area contributed by atoms with Crippen LogP contribution >= 0.6 is 0 Å². The average Bonchev–Trinajstić information content (AvgIpc) is 2.26. The summed E-state index contributed by atoms with van der Waals surface area (Å²) in [7, 11) is 0. The quantitative estimate of drug-likeness (QED) is 0.686. The van der Waals surface area contributed by atoms with E-state index in [1.54, 1.807) is 0 Å². The third-order valence-electron chi connectivity index (χ3n) is 1.72. The van der Waals surface area contributed by atoms with E-state index in [4.69, 9.17) is 0 Å². The molecular formula is C9H6F6N2O2. The van der Waals surface area contributed by atoms with Gasteiger partial charge in [0.15, 0.2) is 6.61 Å². The molecule has 0 aliphatic rings. The molecule has 0 radical (unpaired) electrons. The van der Waals surface area contributed by atoms with Gasteiger partial charge in [0.05, 0.1) is 5.56 Å². The first kappa shape index (κ1) is 15.2. The van der Waals surface area contributed by atoms with E-state index in [0.29, 0.717) is 12.3 Å². The van der Waals surface area contributed by atoms with Gasteiger partial charge < -0.3 is 0 Å². The van der Waals surface area contributed by atoms with Crippen molar-refractivity contribution >= 4 is 5.91 Å². The highest BCUT2D eigenvalue weighted by atomic mass is 19.4. The zero-order valence-corrected chi connectivity index (χ0v) is 8.97. The summed E-state index contributed by atoms with van der Waals surface area (Å²) in [6.45, 7) is -1.72. The number of hydrogen-bond acceptors (Lipinski definition) is 3. The van der Waals surface area contributed by atoms with Crippen molar-refractivity contribution in [3.8, 4) is 0 Å². The lowest BCUT2D eigenvalue weighted by Crippen LogP contribution is -2.29. The fourth-order valence-corrected chi connectivity index (χ4v) is 0.938. The number of hydrogen-bond donors (Lipinski definition) is 1. The third-order valence-corrected chi connectivity index (χ3v) is 1.72. The van der Waals surface area contributed by atoms with Gasteiger partial charge in [-0.05, 0) is 12.1 Å². The normalized spacial score (nSPS) is 12.3. The molecule has 0 atom stereocenters. The number of carbonyl (C=O) groups is 1. The maximum atomic E-state index is 12.1. The van der Waals surface area contributed by atoms with Crippen LogP contribution in [0.4, 0.5) is 26.3 Å². The van der Waals surface area contributed by atoms with Gasteiger partial charge in [-0.1, -0.05) is 0 Å². The van der Waals surface area contributed by atoms with Crippen LogP contribution in [0.1, 0.15) is 16.1 Å². The van der Waals surface area contributed by atoms with Gasteiger partial charge in [-0.15, -0.1) is 0 Å². The highest BCUT2D eigenvalue weighted by Crippen LogP contribution is 2.27. The molecule has 1 aromatic heterocycles. The number of amides is 1. The van der Waals surface area contributed by atoms with Gasteiger partial charge in [-0.25, -0.2) is 5.48 Å². The second-order valence-electron chi connectivity index (χ2n) is 3.26. The van der Waals surface area contributed by atoms with E-state index in [1.165, 1.54) is 5.48 Å². The minimum Gasteiger partial charge on any atom is -0.267 e. The molecule has 1 N–H and O–H groups in total. The lowest BCUT2D eigenvalue weighted by Gasteiger charge is -2.09. The van der Waals surface area contributed by atoms with Crippen LogP contribution in [-0.4, -0.2) is 23.7 Å². The molecule has 0 bridgehead atoms. The average molecular weight is 288 g/mol. The van der Waals surface area contributed by atoms with Gasteiger partial charge in [-0.2, -0.15) is 26.3 Å². The van der Waals surface area contributed by atoms with E-state index in [2.05, 4.69) is 9.82 Å². The molecule has 0 spiro atoms. The molecule has 0 aliphatic carbocycles. The Labute approximate surface area is 102 Å². The van der Waals surface area contributed by atoms with E-state index >= 15 is 0 Å². The Morgan fingerprint density at radius 1 is 1.21 bits per heavy atom. The molecule has 0 unspecified atom stereocenters. The summed E-state index contributed by atoms with van der Waals surface area (Å²) >= 11 is 0. The largest absolute Gasteiger partial charge is 0.433 e. The summed E-state index contributed by atoms with van der Waals surface area (Å²) in [4.78, 5) is 18.0. The van der Waals surface area contributed by atoms with Crippen LogP contribution in [0.25, 0.3) is 0 Å². The summed E-state index contributed by atoms with van der Waals surface area (Å²) < 4.78 is 71.5. The molecule has 1 amide bonds. The Balaban J connectivity index is 2.59. The predicted molar refractivity (Wildman–Crippen MR) is 48.7 cm³/mol. The topological polar surface area (TPSA) is 51.2 Å². The fraction of sp³-hybridized carbons (Fsp3) is 0.333. The Kier molecular flexibility index (Phi) is 4.35. The first-order valence-electron chi connectivity index (χ1n) is 4.62. The standard InChI is InChI=1S/C9H6F6N2O2/c10-8(11,12)4-19-17-7(18)5-1-2-6(16-3-5)9(13,14)15/h1-3H,4H2,(H,17,18). The van der Waals surface area contributed by atoms with Gasteiger partial charge in [-0.3, -0.25) is 14.6 Å². The molecular weight excluding hydrogens is 282 g/mol. The van der Waals surface area contributed by atoms with Crippen LogP contribution in [-0.2, 0) is 11.0 Å². The van der Waals surface area contributed by atoms with Crippen molar-refractivity contribution in [2.45, 2.75) is 12.4 Å². The summed E-state index contributed by atoms with van der Waals surface area (Å²) in [6.07, 6.45) is -8.72. The summed E-state index contributed by atoms with van der Waals surface area (Å²) in [5.74, 6) is -1.13. The lowest BCUT2D eigenvalue weighted by atomic mass is 10.2. The molecule has 1 aromatic rings. The van der Waals surface area contributed by atoms with Crippen molar-refractivity contribution in [1.29, 1.82) is 0 Å². The van der Waals surface area contributed by atoms with E-state index in [0.717, 1.165) is 6.07 Å². The van der Waals surface area contributed by atoms with Crippen LogP contribution in [0.3, 0.4) is 0 Å². The Morgan fingerprint density at radius 2 is 1.84 bits per heavy atom. The molecule has 1 rings (SSSR count). The first-order valence-corrected chi connectivity index (χ1v) is 4.62. The molecule has 0 saturated heterocycles. The van der Waals surface area contributed by atoms with Crippen molar-refractivity contribution in [3.63, 3.8) is 0 Å². The second-order valence-corrected chi connectivity index (χ2v) is 3.26. The van der Waals surface area contributed by atoms with E-state index < -0.39 is 30.6 Å². The Morgan fingerprint density at radius 3 is 2.26 bits per heavy atom. The van der Waals surface area contributed by atoms with E-state index in [9.17, 15) is 31.1 Å². The van der Waals surface area contributed by atoms with Gasteiger partial charge in [0.1, 0.15) is 5.69 Å². The first-order chi connectivity index (χ1) is 8.59. The number of nitrogens with one attached hydrogen (secondary N) is 1. The summed E-state index contributed by atoms with van der Waals surface area (Å²) in [5.41, 5.74) is -0.154. The molecule has 1 heterocycles. The number of nitrogens with zero attached hydrogens (tertiary/aromatic N) is 1. The number of aromatic nitrogens is 1.